The van der Waals surface area contributed by atoms with Gasteiger partial charge >= 0.3 is 0 Å². The lowest BCUT2D eigenvalue weighted by Crippen LogP contribution is -2.34. The van der Waals surface area contributed by atoms with Gasteiger partial charge in [0.15, 0.2) is 6.61 Å². The van der Waals surface area contributed by atoms with Gasteiger partial charge in [-0.05, 0) is 37.5 Å². The molecule has 3 rings (SSSR count). The van der Waals surface area contributed by atoms with Gasteiger partial charge in [0, 0.05) is 18.2 Å². The molecule has 0 radical (unpaired) electrons. The quantitative estimate of drug-likeness (QED) is 0.850. The molecule has 5 heteroatoms. The molecule has 2 amide bonds. The van der Waals surface area contributed by atoms with Gasteiger partial charge in [0.1, 0.15) is 5.75 Å². The van der Waals surface area contributed by atoms with Gasteiger partial charge in [-0.1, -0.05) is 6.92 Å². The summed E-state index contributed by atoms with van der Waals surface area (Å²) in [4.78, 5) is 25.8. The van der Waals surface area contributed by atoms with Crippen LogP contribution in [0.3, 0.4) is 0 Å². The largest absolute Gasteiger partial charge is 0.482 e. The van der Waals surface area contributed by atoms with E-state index >= 15 is 0 Å². The van der Waals surface area contributed by atoms with E-state index in [1.807, 2.05) is 4.90 Å². The molecule has 1 aromatic rings. The summed E-state index contributed by atoms with van der Waals surface area (Å²) in [6.07, 6.45) is 1.04. The molecule has 1 aromatic carbocycles. The van der Waals surface area contributed by atoms with Crippen molar-refractivity contribution in [1.82, 2.24) is 4.90 Å². The molecule has 106 valence electrons. The smallest absolute Gasteiger partial charge is 0.262 e. The fourth-order valence-electron chi connectivity index (χ4n) is 2.96. The molecular formula is C15H18N2O3. The average Bonchev–Trinajstić information content (AvgIpc) is 2.76. The minimum absolute atomic E-state index is 0.0180. The Kier molecular flexibility index (Phi) is 3.12. The zero-order chi connectivity index (χ0) is 14.3. The number of likely N-dealkylation sites (tertiary alicyclic amines) is 1. The Labute approximate surface area is 117 Å². The van der Waals surface area contributed by atoms with Crippen molar-refractivity contribution in [3.63, 3.8) is 0 Å². The SMILES string of the molecule is CC1CC(C)N(C(=O)c2ccc3c(c2)NC(=O)CO3)C1. The first-order valence-electron chi connectivity index (χ1n) is 6.92. The number of nitrogens with zero attached hydrogens (tertiary/aromatic N) is 1. The predicted molar refractivity (Wildman–Crippen MR) is 74.8 cm³/mol. The molecule has 0 saturated carbocycles. The number of carbonyl (C=O) groups excluding carboxylic acids is 2. The number of amides is 2. The van der Waals surface area contributed by atoms with E-state index in [4.69, 9.17) is 4.74 Å². The number of fused-ring (bicyclic) bond motifs is 1. The van der Waals surface area contributed by atoms with Crippen LogP contribution in [0.2, 0.25) is 0 Å². The molecule has 1 fully saturated rings. The maximum Gasteiger partial charge on any atom is 0.262 e. The van der Waals surface area contributed by atoms with Crippen molar-refractivity contribution in [2.45, 2.75) is 26.3 Å². The highest BCUT2D eigenvalue weighted by Gasteiger charge is 2.31. The fraction of sp³-hybridized carbons (Fsp3) is 0.467. The number of benzene rings is 1. The van der Waals surface area contributed by atoms with E-state index < -0.39 is 0 Å². The topological polar surface area (TPSA) is 58.6 Å². The molecule has 0 aromatic heterocycles. The summed E-state index contributed by atoms with van der Waals surface area (Å²) < 4.78 is 5.30. The molecule has 20 heavy (non-hydrogen) atoms. The number of ether oxygens (including phenoxy) is 1. The van der Waals surface area contributed by atoms with Gasteiger partial charge in [0.2, 0.25) is 0 Å². The molecule has 0 aliphatic carbocycles. The molecule has 2 heterocycles. The van der Waals surface area contributed by atoms with Crippen LogP contribution in [0.4, 0.5) is 5.69 Å². The Hall–Kier alpha value is -2.04. The van der Waals surface area contributed by atoms with E-state index in [1.165, 1.54) is 0 Å². The van der Waals surface area contributed by atoms with Crippen LogP contribution >= 0.6 is 0 Å². The van der Waals surface area contributed by atoms with Gasteiger partial charge in [-0.2, -0.15) is 0 Å². The van der Waals surface area contributed by atoms with E-state index in [9.17, 15) is 9.59 Å². The van der Waals surface area contributed by atoms with Crippen LogP contribution in [0.1, 0.15) is 30.6 Å². The summed E-state index contributed by atoms with van der Waals surface area (Å²) in [5, 5.41) is 2.73. The summed E-state index contributed by atoms with van der Waals surface area (Å²) in [5.74, 6) is 0.980. The lowest BCUT2D eigenvalue weighted by molar-refractivity contribution is -0.118. The molecular weight excluding hydrogens is 256 g/mol. The van der Waals surface area contributed by atoms with Crippen LogP contribution in [-0.2, 0) is 4.79 Å². The summed E-state index contributed by atoms with van der Waals surface area (Å²) in [5.41, 5.74) is 1.17. The third kappa shape index (κ3) is 2.24. The third-order valence-electron chi connectivity index (χ3n) is 3.90. The first-order valence-corrected chi connectivity index (χ1v) is 6.92. The molecule has 1 N–H and O–H groups in total. The number of rotatable bonds is 1. The monoisotopic (exact) mass is 274 g/mol. The zero-order valence-electron chi connectivity index (χ0n) is 11.7. The predicted octanol–water partition coefficient (Wildman–Crippen LogP) is 1.89. The van der Waals surface area contributed by atoms with Crippen molar-refractivity contribution in [2.75, 3.05) is 18.5 Å². The minimum atomic E-state index is -0.190. The van der Waals surface area contributed by atoms with Crippen LogP contribution in [0.15, 0.2) is 18.2 Å². The fourth-order valence-corrected chi connectivity index (χ4v) is 2.96. The Bertz CT molecular complexity index is 570. The lowest BCUT2D eigenvalue weighted by atomic mass is 10.1. The first kappa shape index (κ1) is 13.0. The van der Waals surface area contributed by atoms with Crippen molar-refractivity contribution in [2.24, 2.45) is 5.92 Å². The maximum absolute atomic E-state index is 12.5. The molecule has 0 spiro atoms. The van der Waals surface area contributed by atoms with Crippen LogP contribution < -0.4 is 10.1 Å². The number of hydrogen-bond donors (Lipinski definition) is 1. The number of anilines is 1. The normalized spacial score (nSPS) is 24.9. The third-order valence-corrected chi connectivity index (χ3v) is 3.90. The molecule has 2 aliphatic rings. The molecule has 2 atom stereocenters. The van der Waals surface area contributed by atoms with Crippen molar-refractivity contribution in [1.29, 1.82) is 0 Å². The van der Waals surface area contributed by atoms with Gasteiger partial charge in [-0.3, -0.25) is 9.59 Å². The maximum atomic E-state index is 12.5. The Morgan fingerprint density at radius 1 is 1.40 bits per heavy atom. The Morgan fingerprint density at radius 3 is 2.90 bits per heavy atom. The van der Waals surface area contributed by atoms with E-state index in [2.05, 4.69) is 19.2 Å². The van der Waals surface area contributed by atoms with Crippen LogP contribution in [0.5, 0.6) is 5.75 Å². The van der Waals surface area contributed by atoms with E-state index in [0.29, 0.717) is 22.9 Å². The second-order valence-corrected chi connectivity index (χ2v) is 5.70. The highest BCUT2D eigenvalue weighted by atomic mass is 16.5. The van der Waals surface area contributed by atoms with E-state index in [0.717, 1.165) is 13.0 Å². The van der Waals surface area contributed by atoms with E-state index in [-0.39, 0.29) is 24.5 Å². The summed E-state index contributed by atoms with van der Waals surface area (Å²) in [7, 11) is 0. The highest BCUT2D eigenvalue weighted by molar-refractivity contribution is 6.00. The van der Waals surface area contributed by atoms with Gasteiger partial charge in [-0.15, -0.1) is 0 Å². The van der Waals surface area contributed by atoms with Crippen molar-refractivity contribution in [3.8, 4) is 5.75 Å². The number of carbonyl (C=O) groups is 2. The Morgan fingerprint density at radius 2 is 2.20 bits per heavy atom. The second-order valence-electron chi connectivity index (χ2n) is 5.70. The average molecular weight is 274 g/mol. The summed E-state index contributed by atoms with van der Waals surface area (Å²) in [6.45, 7) is 5.05. The van der Waals surface area contributed by atoms with Crippen LogP contribution in [0, 0.1) is 5.92 Å². The summed E-state index contributed by atoms with van der Waals surface area (Å²) in [6, 6.07) is 5.46. The van der Waals surface area contributed by atoms with Gasteiger partial charge in [0.25, 0.3) is 11.8 Å². The van der Waals surface area contributed by atoms with Crippen molar-refractivity contribution >= 4 is 17.5 Å². The molecule has 1 saturated heterocycles. The molecule has 2 unspecified atom stereocenters. The van der Waals surface area contributed by atoms with Gasteiger partial charge < -0.3 is 15.0 Å². The van der Waals surface area contributed by atoms with Crippen molar-refractivity contribution < 1.29 is 14.3 Å². The minimum Gasteiger partial charge on any atom is -0.482 e. The van der Waals surface area contributed by atoms with Crippen LogP contribution in [0.25, 0.3) is 0 Å². The standard InChI is InChI=1S/C15H18N2O3/c1-9-5-10(2)17(7-9)15(19)11-3-4-13-12(6-11)16-14(18)8-20-13/h3-4,6,9-10H,5,7-8H2,1-2H3,(H,16,18). The first-order chi connectivity index (χ1) is 9.54. The van der Waals surface area contributed by atoms with Gasteiger partial charge in [0.05, 0.1) is 5.69 Å². The number of hydrogen-bond acceptors (Lipinski definition) is 3. The molecule has 0 bridgehead atoms. The van der Waals surface area contributed by atoms with Crippen molar-refractivity contribution in [3.05, 3.63) is 23.8 Å². The second kappa shape index (κ2) is 4.81. The zero-order valence-corrected chi connectivity index (χ0v) is 11.7. The molecule has 2 aliphatic heterocycles. The highest BCUT2D eigenvalue weighted by Crippen LogP contribution is 2.30. The van der Waals surface area contributed by atoms with Gasteiger partial charge in [-0.25, -0.2) is 0 Å². The molecule has 5 nitrogen and oxygen atoms in total. The Balaban J connectivity index is 1.85. The van der Waals surface area contributed by atoms with Crippen LogP contribution in [-0.4, -0.2) is 35.9 Å². The number of nitrogens with one attached hydrogen (secondary N) is 1. The van der Waals surface area contributed by atoms with E-state index in [1.54, 1.807) is 18.2 Å². The summed E-state index contributed by atoms with van der Waals surface area (Å²) >= 11 is 0. The lowest BCUT2D eigenvalue weighted by Gasteiger charge is -2.23.